The zero-order chi connectivity index (χ0) is 24.9. The molecule has 2 aliphatic rings. The number of aryl methyl sites for hydroxylation is 3. The molecule has 2 aromatic carbocycles. The summed E-state index contributed by atoms with van der Waals surface area (Å²) < 4.78 is 5.24. The third-order valence-electron chi connectivity index (χ3n) is 7.29. The summed E-state index contributed by atoms with van der Waals surface area (Å²) in [6.07, 6.45) is 5.03. The van der Waals surface area contributed by atoms with Crippen molar-refractivity contribution < 1.29 is 9.53 Å². The van der Waals surface area contributed by atoms with Crippen LogP contribution in [0.4, 0.5) is 17.2 Å². The second-order valence-electron chi connectivity index (χ2n) is 9.69. The van der Waals surface area contributed by atoms with Gasteiger partial charge in [-0.2, -0.15) is 0 Å². The number of carbonyl (C=O) groups excluding carboxylic acids is 1. The number of nitrogens with zero attached hydrogens (tertiary/aromatic N) is 4. The molecular weight excluding hydrogens is 448 g/mol. The fourth-order valence-corrected chi connectivity index (χ4v) is 5.41. The van der Waals surface area contributed by atoms with Crippen LogP contribution in [0.2, 0.25) is 0 Å². The summed E-state index contributed by atoms with van der Waals surface area (Å²) in [4.78, 5) is 24.2. The Morgan fingerprint density at radius 3 is 2.50 bits per heavy atom. The number of anilines is 3. The van der Waals surface area contributed by atoms with Crippen molar-refractivity contribution in [3.05, 3.63) is 83.0 Å². The monoisotopic (exact) mass is 484 g/mol. The van der Waals surface area contributed by atoms with Gasteiger partial charge in [-0.3, -0.25) is 4.90 Å². The molecule has 2 aliphatic heterocycles. The van der Waals surface area contributed by atoms with Crippen LogP contribution in [0, 0.1) is 6.92 Å². The number of carbonyl (C=O) groups is 1. The third kappa shape index (κ3) is 5.24. The summed E-state index contributed by atoms with van der Waals surface area (Å²) in [6, 6.07) is 19.4. The van der Waals surface area contributed by atoms with Gasteiger partial charge in [-0.05, 0) is 80.6 Å². The Morgan fingerprint density at radius 2 is 1.69 bits per heavy atom. The molecule has 0 spiro atoms. The smallest absolute Gasteiger partial charge is 0.341 e. The Hall–Kier alpha value is -3.38. The predicted octanol–water partition coefficient (Wildman–Crippen LogP) is 5.02. The van der Waals surface area contributed by atoms with Gasteiger partial charge in [0.05, 0.1) is 6.61 Å². The largest absolute Gasteiger partial charge is 0.462 e. The summed E-state index contributed by atoms with van der Waals surface area (Å²) in [5, 5.41) is 0. The standard InChI is InChI=1S/C30H36N4O2/c1-3-36-30(35)26-9-6-15-31-29(26)33-20-18-32(19-21-33)16-7-17-34-27-10-5-4-8-24(27)13-14-25-12-11-23(2)22-28(25)34/h4-6,8-12,15,22H,3,7,13-14,16-21H2,1-2H3. The molecule has 0 saturated carbocycles. The Bertz CT molecular complexity index is 1200. The minimum absolute atomic E-state index is 0.295. The molecule has 1 saturated heterocycles. The molecule has 1 aromatic heterocycles. The molecule has 6 nitrogen and oxygen atoms in total. The first-order valence-electron chi connectivity index (χ1n) is 13.2. The molecule has 188 valence electrons. The highest BCUT2D eigenvalue weighted by molar-refractivity contribution is 5.94. The fourth-order valence-electron chi connectivity index (χ4n) is 5.41. The van der Waals surface area contributed by atoms with Gasteiger partial charge in [0.2, 0.25) is 0 Å². The summed E-state index contributed by atoms with van der Waals surface area (Å²) >= 11 is 0. The van der Waals surface area contributed by atoms with Crippen molar-refractivity contribution in [2.75, 3.05) is 55.7 Å². The second kappa shape index (κ2) is 11.1. The van der Waals surface area contributed by atoms with E-state index in [0.717, 1.165) is 64.3 Å². The Labute approximate surface area is 214 Å². The highest BCUT2D eigenvalue weighted by Crippen LogP contribution is 2.36. The van der Waals surface area contributed by atoms with E-state index in [0.29, 0.717) is 12.2 Å². The van der Waals surface area contributed by atoms with Crippen LogP contribution in [0.5, 0.6) is 0 Å². The molecule has 3 heterocycles. The summed E-state index contributed by atoms with van der Waals surface area (Å²) in [5.41, 5.74) is 7.47. The quantitative estimate of drug-likeness (QED) is 0.439. The maximum absolute atomic E-state index is 12.4. The van der Waals surface area contributed by atoms with Crippen LogP contribution in [0.25, 0.3) is 0 Å². The van der Waals surface area contributed by atoms with Gasteiger partial charge in [-0.15, -0.1) is 0 Å². The van der Waals surface area contributed by atoms with Gasteiger partial charge in [0, 0.05) is 50.3 Å². The number of hydrogen-bond acceptors (Lipinski definition) is 6. The van der Waals surface area contributed by atoms with E-state index < -0.39 is 0 Å². The second-order valence-corrected chi connectivity index (χ2v) is 9.69. The van der Waals surface area contributed by atoms with Crippen molar-refractivity contribution in [2.24, 2.45) is 0 Å². The molecule has 36 heavy (non-hydrogen) atoms. The van der Waals surface area contributed by atoms with Crippen LogP contribution < -0.4 is 9.80 Å². The van der Waals surface area contributed by atoms with Gasteiger partial charge in [0.1, 0.15) is 11.4 Å². The zero-order valence-corrected chi connectivity index (χ0v) is 21.4. The van der Waals surface area contributed by atoms with E-state index in [4.69, 9.17) is 4.74 Å². The molecular formula is C30H36N4O2. The van der Waals surface area contributed by atoms with Gasteiger partial charge < -0.3 is 14.5 Å². The van der Waals surface area contributed by atoms with Gasteiger partial charge in [0.25, 0.3) is 0 Å². The van der Waals surface area contributed by atoms with E-state index in [2.05, 4.69) is 69.1 Å². The molecule has 0 unspecified atom stereocenters. The van der Waals surface area contributed by atoms with Gasteiger partial charge in [-0.25, -0.2) is 9.78 Å². The van der Waals surface area contributed by atoms with E-state index in [1.54, 1.807) is 12.3 Å². The first-order chi connectivity index (χ1) is 17.6. The highest BCUT2D eigenvalue weighted by Gasteiger charge is 2.24. The van der Waals surface area contributed by atoms with E-state index in [1.807, 2.05) is 13.0 Å². The van der Waals surface area contributed by atoms with Crippen molar-refractivity contribution in [3.63, 3.8) is 0 Å². The maximum atomic E-state index is 12.4. The number of piperazine rings is 1. The molecule has 0 amide bonds. The molecule has 0 bridgehead atoms. The average Bonchev–Trinajstić information content (AvgIpc) is 3.06. The Balaban J connectivity index is 1.22. The van der Waals surface area contributed by atoms with Crippen molar-refractivity contribution in [3.8, 4) is 0 Å². The van der Waals surface area contributed by atoms with Crippen LogP contribution >= 0.6 is 0 Å². The number of rotatable bonds is 7. The zero-order valence-electron chi connectivity index (χ0n) is 21.4. The lowest BCUT2D eigenvalue weighted by Gasteiger charge is -2.36. The van der Waals surface area contributed by atoms with Crippen molar-refractivity contribution in [2.45, 2.75) is 33.1 Å². The lowest BCUT2D eigenvalue weighted by Crippen LogP contribution is -2.47. The number of fused-ring (bicyclic) bond motifs is 2. The number of ether oxygens (including phenoxy) is 1. The molecule has 1 fully saturated rings. The highest BCUT2D eigenvalue weighted by atomic mass is 16.5. The lowest BCUT2D eigenvalue weighted by molar-refractivity contribution is 0.0526. The van der Waals surface area contributed by atoms with Crippen molar-refractivity contribution in [1.82, 2.24) is 9.88 Å². The van der Waals surface area contributed by atoms with E-state index in [9.17, 15) is 4.79 Å². The minimum Gasteiger partial charge on any atom is -0.462 e. The first kappa shape index (κ1) is 24.3. The molecule has 0 N–H and O–H groups in total. The van der Waals surface area contributed by atoms with E-state index in [-0.39, 0.29) is 5.97 Å². The normalized spacial score (nSPS) is 15.7. The van der Waals surface area contributed by atoms with E-state index in [1.165, 1.54) is 28.1 Å². The van der Waals surface area contributed by atoms with Gasteiger partial charge >= 0.3 is 5.97 Å². The Morgan fingerprint density at radius 1 is 0.917 bits per heavy atom. The number of aromatic nitrogens is 1. The minimum atomic E-state index is -0.295. The number of esters is 1. The predicted molar refractivity (Wildman–Crippen MR) is 145 cm³/mol. The third-order valence-corrected chi connectivity index (χ3v) is 7.29. The van der Waals surface area contributed by atoms with Crippen LogP contribution in [0.15, 0.2) is 60.8 Å². The van der Waals surface area contributed by atoms with Crippen molar-refractivity contribution >= 4 is 23.2 Å². The molecule has 0 radical (unpaired) electrons. The molecule has 0 atom stereocenters. The maximum Gasteiger partial charge on any atom is 0.341 e. The lowest BCUT2D eigenvalue weighted by atomic mass is 10.0. The topological polar surface area (TPSA) is 48.9 Å². The van der Waals surface area contributed by atoms with Crippen LogP contribution in [-0.4, -0.2) is 61.7 Å². The van der Waals surface area contributed by atoms with Crippen LogP contribution in [0.3, 0.4) is 0 Å². The molecule has 5 rings (SSSR count). The molecule has 3 aromatic rings. The van der Waals surface area contributed by atoms with Crippen LogP contribution in [-0.2, 0) is 17.6 Å². The SMILES string of the molecule is CCOC(=O)c1cccnc1N1CCN(CCCN2c3ccccc3CCc3ccc(C)cc32)CC1. The number of pyridine rings is 1. The summed E-state index contributed by atoms with van der Waals surface area (Å²) in [6.45, 7) is 10.1. The van der Waals surface area contributed by atoms with Crippen molar-refractivity contribution in [1.29, 1.82) is 0 Å². The fraction of sp³-hybridized carbons (Fsp3) is 0.400. The van der Waals surface area contributed by atoms with Gasteiger partial charge in [0.15, 0.2) is 0 Å². The Kier molecular flexibility index (Phi) is 7.52. The van der Waals surface area contributed by atoms with Crippen LogP contribution in [0.1, 0.15) is 40.4 Å². The van der Waals surface area contributed by atoms with Gasteiger partial charge in [-0.1, -0.05) is 30.3 Å². The first-order valence-corrected chi connectivity index (χ1v) is 13.2. The summed E-state index contributed by atoms with van der Waals surface area (Å²) in [7, 11) is 0. The molecule has 0 aliphatic carbocycles. The summed E-state index contributed by atoms with van der Waals surface area (Å²) in [5.74, 6) is 0.444. The van der Waals surface area contributed by atoms with E-state index >= 15 is 0 Å². The molecule has 6 heteroatoms. The number of para-hydroxylation sites is 1. The number of benzene rings is 2. The average molecular weight is 485 g/mol. The number of hydrogen-bond donors (Lipinski definition) is 0.